The number of nitriles is 1. The zero-order valence-electron chi connectivity index (χ0n) is 7.01. The number of allylic oxidation sites excluding steroid dienone is 1. The molecule has 0 radical (unpaired) electrons. The number of hydrogen-bond acceptors (Lipinski definition) is 1. The van der Waals surface area contributed by atoms with E-state index in [-0.39, 0.29) is 0 Å². The van der Waals surface area contributed by atoms with Gasteiger partial charge in [-0.15, -0.1) is 0 Å². The Morgan fingerprint density at radius 2 is 1.77 bits per heavy atom. The van der Waals surface area contributed by atoms with Crippen LogP contribution in [0.3, 0.4) is 0 Å². The predicted molar refractivity (Wildman–Crippen MR) is 61.6 cm³/mol. The van der Waals surface area contributed by atoms with Crippen molar-refractivity contribution in [1.82, 2.24) is 0 Å². The normalized spacial score (nSPS) is 9.08. The number of halogens is 2. The highest BCUT2D eigenvalue weighted by Crippen LogP contribution is 2.26. The second-order valence-corrected chi connectivity index (χ2v) is 5.26. The van der Waals surface area contributed by atoms with Crippen molar-refractivity contribution in [3.8, 4) is 6.07 Å². The molecule has 0 saturated heterocycles. The molecule has 0 aliphatic rings. The lowest BCUT2D eigenvalue weighted by atomic mass is 10.1. The molecule has 1 nitrogen and oxygen atoms in total. The summed E-state index contributed by atoms with van der Waals surface area (Å²) in [7, 11) is 0. The van der Waals surface area contributed by atoms with Crippen molar-refractivity contribution in [3.05, 3.63) is 38.8 Å². The van der Waals surface area contributed by atoms with E-state index in [4.69, 9.17) is 5.26 Å². The van der Waals surface area contributed by atoms with Gasteiger partial charge in [-0.3, -0.25) is 0 Å². The van der Waals surface area contributed by atoms with Gasteiger partial charge in [0.15, 0.2) is 0 Å². The Balaban J connectivity index is 3.17. The van der Waals surface area contributed by atoms with Crippen molar-refractivity contribution in [2.45, 2.75) is 6.92 Å². The molecule has 0 fully saturated rings. The molecule has 0 aromatic heterocycles. The maximum Gasteiger partial charge on any atom is 0.102 e. The van der Waals surface area contributed by atoms with Crippen molar-refractivity contribution in [2.24, 2.45) is 0 Å². The fourth-order valence-corrected chi connectivity index (χ4v) is 1.57. The first kappa shape index (κ1) is 10.5. The summed E-state index contributed by atoms with van der Waals surface area (Å²) in [5.74, 6) is 0. The molecule has 0 spiro atoms. The van der Waals surface area contributed by atoms with Crippen LogP contribution in [0.5, 0.6) is 0 Å². The smallest absolute Gasteiger partial charge is 0.102 e. The predicted octanol–water partition coefficient (Wildman–Crippen LogP) is 3.98. The number of hydrogen-bond donors (Lipinski definition) is 0. The second-order valence-electron chi connectivity index (χ2n) is 2.61. The summed E-state index contributed by atoms with van der Waals surface area (Å²) < 4.78 is 0.686. The minimum absolute atomic E-state index is 0.611. The van der Waals surface area contributed by atoms with Crippen LogP contribution in [-0.4, -0.2) is 0 Å². The van der Waals surface area contributed by atoms with Crippen molar-refractivity contribution >= 4 is 37.4 Å². The van der Waals surface area contributed by atoms with Gasteiger partial charge in [-0.05, 0) is 44.3 Å². The number of aryl methyl sites for hydroxylation is 1. The molecule has 3 heteroatoms. The van der Waals surface area contributed by atoms with Crippen LogP contribution < -0.4 is 0 Å². The molecular weight excluding hydrogens is 294 g/mol. The summed E-state index contributed by atoms with van der Waals surface area (Å²) in [6.45, 7) is 2.02. The van der Waals surface area contributed by atoms with Crippen molar-refractivity contribution in [1.29, 1.82) is 5.26 Å². The minimum atomic E-state index is 0.611. The molecule has 0 N–H and O–H groups in total. The van der Waals surface area contributed by atoms with Gasteiger partial charge in [-0.1, -0.05) is 29.8 Å². The third-order valence-electron chi connectivity index (χ3n) is 1.64. The fourth-order valence-electron chi connectivity index (χ4n) is 0.936. The Morgan fingerprint density at radius 3 is 2.15 bits per heavy atom. The lowest BCUT2D eigenvalue weighted by molar-refractivity contribution is 1.45. The van der Waals surface area contributed by atoms with Gasteiger partial charge < -0.3 is 0 Å². The molecule has 0 unspecified atom stereocenters. The van der Waals surface area contributed by atoms with E-state index >= 15 is 0 Å². The van der Waals surface area contributed by atoms with Crippen LogP contribution in [0.4, 0.5) is 0 Å². The number of rotatable bonds is 1. The van der Waals surface area contributed by atoms with E-state index in [0.717, 1.165) is 5.56 Å². The average molecular weight is 301 g/mol. The van der Waals surface area contributed by atoms with Gasteiger partial charge in [-0.25, -0.2) is 0 Å². The van der Waals surface area contributed by atoms with Gasteiger partial charge in [0.05, 0.1) is 8.96 Å². The highest BCUT2D eigenvalue weighted by molar-refractivity contribution is 9.28. The minimum Gasteiger partial charge on any atom is -0.192 e. The van der Waals surface area contributed by atoms with Gasteiger partial charge in [0, 0.05) is 0 Å². The van der Waals surface area contributed by atoms with E-state index in [1.165, 1.54) is 5.56 Å². The lowest BCUT2D eigenvalue weighted by Gasteiger charge is -1.99. The first-order valence-corrected chi connectivity index (χ1v) is 5.26. The summed E-state index contributed by atoms with van der Waals surface area (Å²) in [6.07, 6.45) is 0. The molecule has 66 valence electrons. The molecule has 1 rings (SSSR count). The zero-order chi connectivity index (χ0) is 9.84. The first-order valence-electron chi connectivity index (χ1n) is 3.67. The van der Waals surface area contributed by atoms with Crippen molar-refractivity contribution < 1.29 is 0 Å². The van der Waals surface area contributed by atoms with Gasteiger partial charge >= 0.3 is 0 Å². The van der Waals surface area contributed by atoms with Gasteiger partial charge in [0.1, 0.15) is 6.07 Å². The Morgan fingerprint density at radius 1 is 1.23 bits per heavy atom. The second kappa shape index (κ2) is 4.59. The highest BCUT2D eigenvalue weighted by Gasteiger charge is 2.03. The van der Waals surface area contributed by atoms with Crippen molar-refractivity contribution in [2.75, 3.05) is 0 Å². The highest BCUT2D eigenvalue weighted by atomic mass is 79.9. The summed E-state index contributed by atoms with van der Waals surface area (Å²) in [6, 6.07) is 9.94. The SMILES string of the molecule is Cc1ccc(C(C#N)=C(Br)Br)cc1. The molecule has 0 bridgehead atoms. The Hall–Kier alpha value is -0.590. The molecular formula is C10H7Br2N. The third-order valence-corrected chi connectivity index (χ3v) is 2.43. The van der Waals surface area contributed by atoms with E-state index in [2.05, 4.69) is 37.9 Å². The molecule has 0 heterocycles. The monoisotopic (exact) mass is 299 g/mol. The largest absolute Gasteiger partial charge is 0.192 e. The number of nitrogens with zero attached hydrogens (tertiary/aromatic N) is 1. The van der Waals surface area contributed by atoms with E-state index in [1.54, 1.807) is 0 Å². The Kier molecular flexibility index (Phi) is 3.71. The Labute approximate surface area is 94.3 Å². The van der Waals surface area contributed by atoms with Crippen LogP contribution >= 0.6 is 31.9 Å². The van der Waals surface area contributed by atoms with Crippen LogP contribution in [0.1, 0.15) is 11.1 Å². The third kappa shape index (κ3) is 2.68. The first-order chi connectivity index (χ1) is 6.15. The van der Waals surface area contributed by atoms with E-state index in [1.807, 2.05) is 31.2 Å². The quantitative estimate of drug-likeness (QED) is 0.720. The Bertz CT molecular complexity index is 367. The van der Waals surface area contributed by atoms with E-state index in [9.17, 15) is 0 Å². The average Bonchev–Trinajstić information content (AvgIpc) is 2.09. The van der Waals surface area contributed by atoms with Crippen LogP contribution in [0.25, 0.3) is 5.57 Å². The van der Waals surface area contributed by atoms with Gasteiger partial charge in [0.2, 0.25) is 0 Å². The van der Waals surface area contributed by atoms with E-state index < -0.39 is 0 Å². The van der Waals surface area contributed by atoms with Gasteiger partial charge in [-0.2, -0.15) is 5.26 Å². The van der Waals surface area contributed by atoms with Crippen LogP contribution in [-0.2, 0) is 0 Å². The van der Waals surface area contributed by atoms with Crippen molar-refractivity contribution in [3.63, 3.8) is 0 Å². The summed E-state index contributed by atoms with van der Waals surface area (Å²) in [5.41, 5.74) is 2.71. The lowest BCUT2D eigenvalue weighted by Crippen LogP contribution is -1.81. The fraction of sp³-hybridized carbons (Fsp3) is 0.100. The molecule has 0 amide bonds. The molecule has 0 saturated carbocycles. The summed E-state index contributed by atoms with van der Waals surface area (Å²) >= 11 is 6.46. The van der Waals surface area contributed by atoms with E-state index in [0.29, 0.717) is 8.96 Å². The van der Waals surface area contributed by atoms with Crippen LogP contribution in [0, 0.1) is 18.3 Å². The molecule has 0 aliphatic heterocycles. The maximum absolute atomic E-state index is 8.85. The topological polar surface area (TPSA) is 23.8 Å². The molecule has 13 heavy (non-hydrogen) atoms. The zero-order valence-corrected chi connectivity index (χ0v) is 10.2. The molecule has 0 aliphatic carbocycles. The summed E-state index contributed by atoms with van der Waals surface area (Å²) in [5, 5.41) is 8.85. The molecule has 1 aromatic carbocycles. The van der Waals surface area contributed by atoms with Crippen LogP contribution in [0.15, 0.2) is 27.7 Å². The standard InChI is InChI=1S/C10H7Br2N/c1-7-2-4-8(5-3-7)9(6-13)10(11)12/h2-5H,1H3. The summed E-state index contributed by atoms with van der Waals surface area (Å²) in [4.78, 5) is 0. The van der Waals surface area contributed by atoms with Gasteiger partial charge in [0.25, 0.3) is 0 Å². The molecule has 1 aromatic rings. The maximum atomic E-state index is 8.85. The van der Waals surface area contributed by atoms with Crippen LogP contribution in [0.2, 0.25) is 0 Å². The molecule has 0 atom stereocenters. The number of benzene rings is 1.